The molecule has 9 nitrogen and oxygen atoms in total. The van der Waals surface area contributed by atoms with Crippen LogP contribution in [0.5, 0.6) is 0 Å². The number of likely N-dealkylation sites (N-methyl/N-ethyl adjacent to an activating group) is 1. The topological polar surface area (TPSA) is 111 Å². The van der Waals surface area contributed by atoms with Gasteiger partial charge in [-0.2, -0.15) is 0 Å². The number of aliphatic hydroxyl groups excluding tert-OH is 1. The number of amides is 3. The van der Waals surface area contributed by atoms with Crippen molar-refractivity contribution in [3.63, 3.8) is 0 Å². The Labute approximate surface area is 252 Å². The van der Waals surface area contributed by atoms with Crippen molar-refractivity contribution in [1.29, 1.82) is 0 Å². The van der Waals surface area contributed by atoms with Crippen molar-refractivity contribution >= 4 is 37.5 Å². The Bertz CT molecular complexity index is 1440. The molecule has 2 saturated heterocycles. The van der Waals surface area contributed by atoms with Crippen LogP contribution in [0.1, 0.15) is 42.9 Å². The molecule has 3 N–H and O–H groups in total. The van der Waals surface area contributed by atoms with E-state index in [1.807, 2.05) is 31.2 Å². The molecular weight excluding hydrogens is 567 g/mol. The van der Waals surface area contributed by atoms with Crippen LogP contribution in [0.15, 0.2) is 42.5 Å². The summed E-state index contributed by atoms with van der Waals surface area (Å²) in [6.07, 6.45) is 1.32. The minimum atomic E-state index is -3.47. The van der Waals surface area contributed by atoms with Crippen molar-refractivity contribution in [2.75, 3.05) is 30.4 Å². The highest BCUT2D eigenvalue weighted by atomic mass is 28.4. The molecule has 2 aromatic carbocycles. The van der Waals surface area contributed by atoms with Crippen LogP contribution >= 0.6 is 0 Å². The van der Waals surface area contributed by atoms with Crippen LogP contribution in [-0.2, 0) is 37.7 Å². The molecule has 0 aliphatic carbocycles. The molecule has 0 bridgehead atoms. The minimum Gasteiger partial charge on any atom is -0.394 e. The van der Waals surface area contributed by atoms with Crippen LogP contribution < -0.4 is 15.5 Å². The highest BCUT2D eigenvalue weighted by Crippen LogP contribution is 2.60. The van der Waals surface area contributed by atoms with Gasteiger partial charge in [0.1, 0.15) is 0 Å². The van der Waals surface area contributed by atoms with Gasteiger partial charge in [-0.25, -0.2) is 0 Å². The number of rotatable bonds is 6. The van der Waals surface area contributed by atoms with Gasteiger partial charge in [0.15, 0.2) is 5.60 Å². The smallest absolute Gasteiger partial charge is 0.264 e. The zero-order valence-electron chi connectivity index (χ0n) is 25.2. The highest BCUT2D eigenvalue weighted by Gasteiger charge is 2.66. The number of nitrogens with zero attached hydrogens (tertiary/aromatic N) is 2. The lowest BCUT2D eigenvalue weighted by molar-refractivity contribution is -0.150. The van der Waals surface area contributed by atoms with Crippen molar-refractivity contribution < 1.29 is 28.3 Å². The predicted molar refractivity (Wildman–Crippen MR) is 164 cm³/mol. The van der Waals surface area contributed by atoms with Gasteiger partial charge in [0.2, 0.25) is 20.2 Å². The van der Waals surface area contributed by atoms with E-state index < -0.39 is 31.6 Å². The number of nitrogens with one attached hydrogen (secondary N) is 2. The molecule has 2 fully saturated rings. The van der Waals surface area contributed by atoms with Gasteiger partial charge in [-0.1, -0.05) is 31.2 Å². The fourth-order valence-corrected chi connectivity index (χ4v) is 10.4. The Morgan fingerprint density at radius 2 is 1.95 bits per heavy atom. The normalized spacial score (nSPS) is 30.1. The van der Waals surface area contributed by atoms with E-state index in [1.54, 1.807) is 43.2 Å². The first-order valence-electron chi connectivity index (χ1n) is 15.3. The van der Waals surface area contributed by atoms with Gasteiger partial charge in [0, 0.05) is 36.3 Å². The van der Waals surface area contributed by atoms with Gasteiger partial charge >= 0.3 is 0 Å². The van der Waals surface area contributed by atoms with Crippen molar-refractivity contribution in [1.82, 2.24) is 10.2 Å². The fourth-order valence-electron chi connectivity index (χ4n) is 7.90. The molecule has 0 saturated carbocycles. The summed E-state index contributed by atoms with van der Waals surface area (Å²) in [4.78, 5) is 44.0. The van der Waals surface area contributed by atoms with Crippen LogP contribution in [0.3, 0.4) is 0 Å². The average Bonchev–Trinajstić information content (AvgIpc) is 3.67. The zero-order valence-corrected chi connectivity index (χ0v) is 26.2. The zero-order chi connectivity index (χ0) is 30.7. The van der Waals surface area contributed by atoms with E-state index in [9.17, 15) is 19.5 Å². The number of ether oxygens (including phenoxy) is 1. The van der Waals surface area contributed by atoms with E-state index in [1.165, 1.54) is 4.90 Å². The molecule has 3 amide bonds. The summed E-state index contributed by atoms with van der Waals surface area (Å²) in [6, 6.07) is 12.6. The molecule has 11 heteroatoms. The third kappa shape index (κ3) is 5.00. The van der Waals surface area contributed by atoms with Crippen LogP contribution in [0.2, 0.25) is 18.6 Å². The maximum absolute atomic E-state index is 16.2. The van der Waals surface area contributed by atoms with Crippen LogP contribution in [0.25, 0.3) is 0 Å². The summed E-state index contributed by atoms with van der Waals surface area (Å²) >= 11 is 0. The lowest BCUT2D eigenvalue weighted by atomic mass is 9.82. The molecule has 4 aliphatic rings. The Kier molecular flexibility index (Phi) is 7.73. The summed E-state index contributed by atoms with van der Waals surface area (Å²) in [5, 5.41) is 16.3. The molecule has 0 unspecified atom stereocenters. The monoisotopic (exact) mass is 608 g/mol. The van der Waals surface area contributed by atoms with Crippen molar-refractivity contribution in [2.45, 2.75) is 81.6 Å². The minimum absolute atomic E-state index is 0.0914. The molecule has 6 rings (SSSR count). The van der Waals surface area contributed by atoms with E-state index in [4.69, 9.17) is 4.74 Å². The number of anilines is 2. The van der Waals surface area contributed by atoms with E-state index in [0.29, 0.717) is 29.9 Å². The van der Waals surface area contributed by atoms with E-state index in [2.05, 4.69) is 10.6 Å². The third-order valence-electron chi connectivity index (χ3n) is 10.00. The summed E-state index contributed by atoms with van der Waals surface area (Å²) in [7, 11) is -1.79. The second kappa shape index (κ2) is 11.1. The molecule has 0 aromatic heterocycles. The lowest BCUT2D eigenvalue weighted by Gasteiger charge is -2.37. The SMILES string of the molecule is C[C@H]1[C@H]([Si](C)(C)F)[C@@H](CC(=O)N2Cc3ccccc3C[C@H]2CO)O[C@]12C(=O)N(C)c1ccc(NC(=O)[C@H]3CCCN3)cc12. The number of hydrogen-bond donors (Lipinski definition) is 3. The van der Waals surface area contributed by atoms with Crippen molar-refractivity contribution in [2.24, 2.45) is 5.92 Å². The first-order valence-corrected chi connectivity index (χ1v) is 18.2. The molecule has 43 heavy (non-hydrogen) atoms. The van der Waals surface area contributed by atoms with Gasteiger partial charge in [0.05, 0.1) is 36.9 Å². The van der Waals surface area contributed by atoms with Gasteiger partial charge in [-0.15, -0.1) is 0 Å². The second-order valence-electron chi connectivity index (χ2n) is 13.0. The maximum atomic E-state index is 16.2. The van der Waals surface area contributed by atoms with Gasteiger partial charge in [-0.05, 0) is 68.2 Å². The first-order chi connectivity index (χ1) is 20.5. The second-order valence-corrected chi connectivity index (χ2v) is 16.8. The van der Waals surface area contributed by atoms with Gasteiger partial charge in [0.25, 0.3) is 5.91 Å². The van der Waals surface area contributed by atoms with Gasteiger partial charge in [-0.3, -0.25) is 14.4 Å². The summed E-state index contributed by atoms with van der Waals surface area (Å²) in [5.74, 6) is -1.21. The largest absolute Gasteiger partial charge is 0.394 e. The fraction of sp³-hybridized carbons (Fsp3) is 0.531. The molecule has 4 aliphatic heterocycles. The van der Waals surface area contributed by atoms with Crippen LogP contribution in [0.4, 0.5) is 15.5 Å². The van der Waals surface area contributed by atoms with Crippen molar-refractivity contribution in [3.05, 3.63) is 59.2 Å². The molecule has 2 aromatic rings. The molecule has 4 heterocycles. The maximum Gasteiger partial charge on any atom is 0.264 e. The van der Waals surface area contributed by atoms with E-state index >= 15 is 4.11 Å². The third-order valence-corrected chi connectivity index (χ3v) is 12.5. The molecule has 230 valence electrons. The standard InChI is InChI=1S/C32H41FN4O5Si/c1-19-29(43(3,4)33)27(16-28(39)37-17-21-9-6-5-8-20(21)14-23(37)18-38)42-32(19)24-15-22(11-12-26(24)36(2)31(32)41)35-30(40)25-10-7-13-34-25/h5-6,8-9,11-12,15,19,23,25,27,29,34,38H,7,10,13-14,16-18H2,1-4H3,(H,35,40)/t19-,23-,25+,27+,29-,32+/m0/s1. The highest BCUT2D eigenvalue weighted by molar-refractivity contribution is 6.72. The summed E-state index contributed by atoms with van der Waals surface area (Å²) in [5.41, 5.74) is 1.79. The number of carbonyl (C=O) groups is 3. The Morgan fingerprint density at radius 1 is 1.21 bits per heavy atom. The molecule has 6 atom stereocenters. The van der Waals surface area contributed by atoms with Crippen LogP contribution in [-0.4, -0.2) is 74.5 Å². The number of hydrogen-bond acceptors (Lipinski definition) is 6. The van der Waals surface area contributed by atoms with Crippen molar-refractivity contribution in [3.8, 4) is 0 Å². The first kappa shape index (κ1) is 29.9. The quantitative estimate of drug-likeness (QED) is 0.342. The number of halogens is 1. The summed E-state index contributed by atoms with van der Waals surface area (Å²) < 4.78 is 22.9. The number of carbonyl (C=O) groups excluding carboxylic acids is 3. The Balaban J connectivity index is 1.32. The molecule has 1 spiro atoms. The van der Waals surface area contributed by atoms with E-state index in [-0.39, 0.29) is 42.8 Å². The van der Waals surface area contributed by atoms with Gasteiger partial charge < -0.3 is 34.4 Å². The Morgan fingerprint density at radius 3 is 2.63 bits per heavy atom. The number of benzene rings is 2. The number of fused-ring (bicyclic) bond motifs is 3. The predicted octanol–water partition coefficient (Wildman–Crippen LogP) is 3.46. The van der Waals surface area contributed by atoms with E-state index in [0.717, 1.165) is 30.5 Å². The Hall–Kier alpha value is -3.12. The van der Waals surface area contributed by atoms with Crippen LogP contribution in [0, 0.1) is 5.92 Å². The molecule has 0 radical (unpaired) electrons. The number of aliphatic hydroxyl groups is 1. The average molecular weight is 609 g/mol. The summed E-state index contributed by atoms with van der Waals surface area (Å²) in [6.45, 7) is 6.04. The molecular formula is C32H41FN4O5Si. The lowest BCUT2D eigenvalue weighted by Crippen LogP contribution is -2.48.